The predicted molar refractivity (Wildman–Crippen MR) is 78.3 cm³/mol. The average Bonchev–Trinajstić information content (AvgIpc) is 2.48. The van der Waals surface area contributed by atoms with Gasteiger partial charge < -0.3 is 15.1 Å². The van der Waals surface area contributed by atoms with Gasteiger partial charge in [0.25, 0.3) is 5.91 Å². The Kier molecular flexibility index (Phi) is 4.89. The summed E-state index contributed by atoms with van der Waals surface area (Å²) in [6.45, 7) is 3.74. The van der Waals surface area contributed by atoms with Crippen molar-refractivity contribution >= 4 is 5.91 Å². The fourth-order valence-corrected chi connectivity index (χ4v) is 2.98. The summed E-state index contributed by atoms with van der Waals surface area (Å²) in [4.78, 5) is 13.9. The lowest BCUT2D eigenvalue weighted by atomic mass is 9.90. The van der Waals surface area contributed by atoms with E-state index in [4.69, 9.17) is 0 Å². The zero-order valence-corrected chi connectivity index (χ0v) is 13.0. The first-order valence-corrected chi connectivity index (χ1v) is 7.45. The van der Waals surface area contributed by atoms with E-state index in [1.807, 2.05) is 0 Å². The second-order valence-corrected chi connectivity index (χ2v) is 6.09. The van der Waals surface area contributed by atoms with E-state index >= 15 is 0 Å². The summed E-state index contributed by atoms with van der Waals surface area (Å²) in [6, 6.07) is 3.32. The van der Waals surface area contributed by atoms with Gasteiger partial charge in [0.1, 0.15) is 5.75 Å². The van der Waals surface area contributed by atoms with Crippen LogP contribution in [0.3, 0.4) is 0 Å². The minimum Gasteiger partial charge on any atom is -0.507 e. The number of amides is 1. The van der Waals surface area contributed by atoms with Crippen molar-refractivity contribution in [2.45, 2.75) is 39.0 Å². The summed E-state index contributed by atoms with van der Waals surface area (Å²) in [7, 11) is 0. The first kappa shape index (κ1) is 17.6. The topological polar surface area (TPSA) is 60.8 Å². The number of rotatable bonds is 2. The number of aromatic hydroxyl groups is 1. The molecule has 2 N–H and O–H groups in total. The van der Waals surface area contributed by atoms with E-state index in [2.05, 4.69) is 0 Å². The van der Waals surface area contributed by atoms with E-state index in [1.54, 1.807) is 26.0 Å². The lowest BCUT2D eigenvalue weighted by Crippen LogP contribution is -2.45. The lowest BCUT2D eigenvalue weighted by Gasteiger charge is -2.35. The minimum atomic E-state index is -4.64. The number of alkyl halides is 3. The van der Waals surface area contributed by atoms with Gasteiger partial charge >= 0.3 is 6.18 Å². The number of benzene rings is 1. The van der Waals surface area contributed by atoms with Crippen LogP contribution >= 0.6 is 0 Å². The maximum atomic E-state index is 12.5. The molecule has 1 saturated heterocycles. The largest absolute Gasteiger partial charge is 0.507 e. The van der Waals surface area contributed by atoms with E-state index < -0.39 is 24.1 Å². The number of carbonyl (C=O) groups is 1. The van der Waals surface area contributed by atoms with Crippen LogP contribution in [0.1, 0.15) is 34.3 Å². The summed E-state index contributed by atoms with van der Waals surface area (Å²) in [5, 5.41) is 19.3. The van der Waals surface area contributed by atoms with Crippen molar-refractivity contribution < 1.29 is 28.2 Å². The zero-order chi connectivity index (χ0) is 17.4. The Morgan fingerprint density at radius 3 is 2.35 bits per heavy atom. The van der Waals surface area contributed by atoms with Gasteiger partial charge in [0.2, 0.25) is 0 Å². The number of nitrogens with zero attached hydrogens (tertiary/aromatic N) is 1. The molecule has 1 amide bonds. The monoisotopic (exact) mass is 331 g/mol. The van der Waals surface area contributed by atoms with Crippen LogP contribution in [0, 0.1) is 19.8 Å². The summed E-state index contributed by atoms with van der Waals surface area (Å²) in [6.07, 6.45) is -6.83. The predicted octanol–water partition coefficient (Wildman–Crippen LogP) is 2.78. The number of aliphatic hydroxyl groups excluding tert-OH is 1. The molecule has 7 heteroatoms. The summed E-state index contributed by atoms with van der Waals surface area (Å²) < 4.78 is 37.6. The number of aliphatic hydroxyl groups is 1. The van der Waals surface area contributed by atoms with Crippen LogP contribution in [0.15, 0.2) is 12.1 Å². The van der Waals surface area contributed by atoms with Crippen molar-refractivity contribution in [2.75, 3.05) is 13.1 Å². The van der Waals surface area contributed by atoms with Crippen LogP contribution in [-0.4, -0.2) is 46.4 Å². The first-order valence-electron chi connectivity index (χ1n) is 7.45. The molecule has 2 rings (SSSR count). The molecule has 1 aromatic carbocycles. The molecule has 23 heavy (non-hydrogen) atoms. The number of aryl methyl sites for hydroxylation is 2. The summed E-state index contributed by atoms with van der Waals surface area (Å²) in [5.74, 6) is -1.39. The summed E-state index contributed by atoms with van der Waals surface area (Å²) in [5.41, 5.74) is 1.57. The van der Waals surface area contributed by atoms with E-state index in [-0.39, 0.29) is 37.2 Å². The van der Waals surface area contributed by atoms with Crippen molar-refractivity contribution in [3.8, 4) is 5.75 Å². The van der Waals surface area contributed by atoms with Crippen molar-refractivity contribution in [3.63, 3.8) is 0 Å². The Labute approximate surface area is 132 Å². The lowest BCUT2D eigenvalue weighted by molar-refractivity contribution is -0.222. The van der Waals surface area contributed by atoms with E-state index in [0.717, 1.165) is 5.56 Å². The highest BCUT2D eigenvalue weighted by Gasteiger charge is 2.44. The second kappa shape index (κ2) is 6.39. The van der Waals surface area contributed by atoms with Crippen molar-refractivity contribution in [2.24, 2.45) is 5.92 Å². The molecule has 1 unspecified atom stereocenters. The average molecular weight is 331 g/mol. The maximum absolute atomic E-state index is 12.5. The fraction of sp³-hybridized carbons (Fsp3) is 0.562. The number of hydrogen-bond acceptors (Lipinski definition) is 3. The molecule has 128 valence electrons. The molecular formula is C16H20F3NO3. The highest BCUT2D eigenvalue weighted by Crippen LogP contribution is 2.33. The van der Waals surface area contributed by atoms with Crippen molar-refractivity contribution in [1.29, 1.82) is 0 Å². The molecular weight excluding hydrogens is 311 g/mol. The Hall–Kier alpha value is -1.76. The fourth-order valence-electron chi connectivity index (χ4n) is 2.98. The Morgan fingerprint density at radius 2 is 1.83 bits per heavy atom. The number of phenols is 1. The third-order valence-corrected chi connectivity index (χ3v) is 4.28. The Balaban J connectivity index is 2.07. The van der Waals surface area contributed by atoms with Crippen LogP contribution in [0.4, 0.5) is 13.2 Å². The van der Waals surface area contributed by atoms with Gasteiger partial charge in [-0.2, -0.15) is 13.2 Å². The van der Waals surface area contributed by atoms with Gasteiger partial charge in [0, 0.05) is 13.1 Å². The molecule has 1 aliphatic rings. The SMILES string of the molecule is Cc1cc(C)c(O)c(C(=O)N2CCC(C(O)C(F)(F)F)CC2)c1. The molecule has 1 heterocycles. The van der Waals surface area contributed by atoms with E-state index in [1.165, 1.54) is 4.90 Å². The third kappa shape index (κ3) is 3.77. The molecule has 0 saturated carbocycles. The molecule has 1 fully saturated rings. The van der Waals surface area contributed by atoms with Gasteiger partial charge in [0.05, 0.1) is 5.56 Å². The van der Waals surface area contributed by atoms with E-state index in [9.17, 15) is 28.2 Å². The molecule has 1 atom stereocenters. The van der Waals surface area contributed by atoms with Crippen LogP contribution in [0.25, 0.3) is 0 Å². The van der Waals surface area contributed by atoms with Gasteiger partial charge in [-0.05, 0) is 49.8 Å². The maximum Gasteiger partial charge on any atom is 0.414 e. The van der Waals surface area contributed by atoms with Crippen molar-refractivity contribution in [3.05, 3.63) is 28.8 Å². The third-order valence-electron chi connectivity index (χ3n) is 4.28. The van der Waals surface area contributed by atoms with Crippen LogP contribution in [0.5, 0.6) is 5.75 Å². The van der Waals surface area contributed by atoms with Crippen LogP contribution in [-0.2, 0) is 0 Å². The molecule has 4 nitrogen and oxygen atoms in total. The number of likely N-dealkylation sites (tertiary alicyclic amines) is 1. The highest BCUT2D eigenvalue weighted by molar-refractivity contribution is 5.97. The van der Waals surface area contributed by atoms with E-state index in [0.29, 0.717) is 5.56 Å². The van der Waals surface area contributed by atoms with Gasteiger partial charge in [-0.1, -0.05) is 6.07 Å². The quantitative estimate of drug-likeness (QED) is 0.876. The first-order chi connectivity index (χ1) is 10.6. The zero-order valence-electron chi connectivity index (χ0n) is 13.0. The second-order valence-electron chi connectivity index (χ2n) is 6.09. The molecule has 1 aliphatic heterocycles. The molecule has 0 aromatic heterocycles. The number of hydrogen-bond donors (Lipinski definition) is 2. The summed E-state index contributed by atoms with van der Waals surface area (Å²) >= 11 is 0. The molecule has 0 bridgehead atoms. The number of halogens is 3. The molecule has 1 aromatic rings. The normalized spacial score (nSPS) is 18.1. The molecule has 0 spiro atoms. The smallest absolute Gasteiger partial charge is 0.414 e. The van der Waals surface area contributed by atoms with Crippen LogP contribution in [0.2, 0.25) is 0 Å². The minimum absolute atomic E-state index is 0.0813. The Bertz CT molecular complexity index is 593. The van der Waals surface area contributed by atoms with Gasteiger partial charge in [-0.25, -0.2) is 0 Å². The van der Waals surface area contributed by atoms with Crippen LogP contribution < -0.4 is 0 Å². The Morgan fingerprint density at radius 1 is 1.26 bits per heavy atom. The van der Waals surface area contributed by atoms with Crippen molar-refractivity contribution in [1.82, 2.24) is 4.90 Å². The molecule has 0 aliphatic carbocycles. The van der Waals surface area contributed by atoms with Gasteiger partial charge in [-0.3, -0.25) is 4.79 Å². The molecule has 0 radical (unpaired) electrons. The number of phenolic OH excluding ortho intramolecular Hbond substituents is 1. The number of carbonyl (C=O) groups excluding carboxylic acids is 1. The highest BCUT2D eigenvalue weighted by atomic mass is 19.4. The standard InChI is InChI=1S/C16H20F3NO3/c1-9-7-10(2)13(21)12(8-9)15(23)20-5-3-11(4-6-20)14(22)16(17,18)19/h7-8,11,14,21-22H,3-6H2,1-2H3. The number of piperidine rings is 1. The van der Waals surface area contributed by atoms with Gasteiger partial charge in [-0.15, -0.1) is 0 Å². The van der Waals surface area contributed by atoms with Gasteiger partial charge in [0.15, 0.2) is 6.10 Å².